The minimum Gasteiger partial charge on any atom is -0.402 e. The van der Waals surface area contributed by atoms with Crippen LogP contribution in [0.15, 0.2) is 12.3 Å². The Balaban J connectivity index is 2.47. The van der Waals surface area contributed by atoms with Gasteiger partial charge in [0.1, 0.15) is 6.07 Å². The van der Waals surface area contributed by atoms with Crippen LogP contribution in [0, 0.1) is 23.2 Å². The van der Waals surface area contributed by atoms with E-state index in [1.54, 1.807) is 6.07 Å². The molecule has 0 atom stereocenters. The Morgan fingerprint density at radius 3 is 2.07 bits per heavy atom. The van der Waals surface area contributed by atoms with E-state index in [0.29, 0.717) is 5.92 Å². The van der Waals surface area contributed by atoms with Gasteiger partial charge in [-0.1, -0.05) is 19.4 Å². The topological polar surface area (TPSA) is 66.9 Å². The zero-order chi connectivity index (χ0) is 11.3. The van der Waals surface area contributed by atoms with Gasteiger partial charge in [0.2, 0.25) is 5.78 Å². The lowest BCUT2D eigenvalue weighted by atomic mass is 9.83. The molecular weight excluding hydrogens is 188 g/mol. The number of carbonyl (C=O) groups is 1. The van der Waals surface area contributed by atoms with Crippen molar-refractivity contribution in [1.82, 2.24) is 0 Å². The summed E-state index contributed by atoms with van der Waals surface area (Å²) in [5.41, 5.74) is 6.46. The quantitative estimate of drug-likeness (QED) is 0.704. The lowest BCUT2D eigenvalue weighted by molar-refractivity contribution is -0.118. The molecule has 0 aromatic carbocycles. The Kier molecular flexibility index (Phi) is 4.36. The second kappa shape index (κ2) is 5.55. The SMILES string of the molecule is C=C(N)C1CCCC(C(=O)C#N)CCC1. The van der Waals surface area contributed by atoms with Crippen molar-refractivity contribution in [3.63, 3.8) is 0 Å². The van der Waals surface area contributed by atoms with Crippen molar-refractivity contribution in [2.24, 2.45) is 17.6 Å². The molecule has 0 radical (unpaired) electrons. The fourth-order valence-corrected chi connectivity index (χ4v) is 2.23. The maximum absolute atomic E-state index is 11.2. The Morgan fingerprint density at radius 1 is 1.20 bits per heavy atom. The lowest BCUT2D eigenvalue weighted by Gasteiger charge is -2.22. The summed E-state index contributed by atoms with van der Waals surface area (Å²) in [7, 11) is 0. The number of hydrogen-bond donors (Lipinski definition) is 1. The Labute approximate surface area is 91.0 Å². The van der Waals surface area contributed by atoms with E-state index in [9.17, 15) is 4.79 Å². The zero-order valence-corrected chi connectivity index (χ0v) is 9.04. The van der Waals surface area contributed by atoms with Gasteiger partial charge in [-0.05, 0) is 31.6 Å². The molecule has 0 amide bonds. The monoisotopic (exact) mass is 206 g/mol. The van der Waals surface area contributed by atoms with Crippen LogP contribution in [0.4, 0.5) is 0 Å². The number of hydrogen-bond acceptors (Lipinski definition) is 3. The van der Waals surface area contributed by atoms with Crippen molar-refractivity contribution in [2.75, 3.05) is 0 Å². The summed E-state index contributed by atoms with van der Waals surface area (Å²) < 4.78 is 0. The van der Waals surface area contributed by atoms with E-state index in [1.165, 1.54) is 0 Å². The molecule has 0 aromatic heterocycles. The standard InChI is InChI=1S/C12H18N2O/c1-9(14)10-4-2-6-11(7-3-5-10)12(15)8-13/h10-11H,1-7,14H2. The summed E-state index contributed by atoms with van der Waals surface area (Å²) in [6, 6.07) is 1.74. The van der Waals surface area contributed by atoms with Gasteiger partial charge in [0.15, 0.2) is 0 Å². The molecule has 0 aliphatic heterocycles. The van der Waals surface area contributed by atoms with Crippen LogP contribution >= 0.6 is 0 Å². The number of allylic oxidation sites excluding steroid dienone is 1. The molecule has 82 valence electrons. The number of rotatable bonds is 2. The largest absolute Gasteiger partial charge is 0.402 e. The van der Waals surface area contributed by atoms with Crippen LogP contribution in [0.1, 0.15) is 38.5 Å². The van der Waals surface area contributed by atoms with Crippen LogP contribution in [0.2, 0.25) is 0 Å². The second-order valence-corrected chi connectivity index (χ2v) is 4.31. The highest BCUT2D eigenvalue weighted by molar-refractivity contribution is 5.95. The van der Waals surface area contributed by atoms with Gasteiger partial charge in [-0.2, -0.15) is 5.26 Å². The summed E-state index contributed by atoms with van der Waals surface area (Å²) in [6.45, 7) is 3.78. The molecule has 1 rings (SSSR count). The molecule has 3 nitrogen and oxygen atoms in total. The van der Waals surface area contributed by atoms with Crippen molar-refractivity contribution in [2.45, 2.75) is 38.5 Å². The molecular formula is C12H18N2O. The number of nitrogens with zero attached hydrogens (tertiary/aromatic N) is 1. The first-order chi connectivity index (χ1) is 7.15. The van der Waals surface area contributed by atoms with E-state index in [2.05, 4.69) is 6.58 Å². The summed E-state index contributed by atoms with van der Waals surface area (Å²) in [5.74, 6) is 0.116. The fraction of sp³-hybridized carbons (Fsp3) is 0.667. The fourth-order valence-electron chi connectivity index (χ4n) is 2.23. The lowest BCUT2D eigenvalue weighted by Crippen LogP contribution is -2.18. The van der Waals surface area contributed by atoms with Crippen LogP contribution in [0.25, 0.3) is 0 Å². The van der Waals surface area contributed by atoms with Gasteiger partial charge in [0, 0.05) is 11.6 Å². The first-order valence-corrected chi connectivity index (χ1v) is 5.53. The molecule has 1 aliphatic rings. The maximum atomic E-state index is 11.2. The minimum atomic E-state index is -0.250. The van der Waals surface area contributed by atoms with Crippen molar-refractivity contribution < 1.29 is 4.79 Å². The first kappa shape index (κ1) is 11.8. The van der Waals surface area contributed by atoms with Gasteiger partial charge in [0.05, 0.1) is 0 Å². The van der Waals surface area contributed by atoms with Gasteiger partial charge in [-0.3, -0.25) is 4.79 Å². The van der Waals surface area contributed by atoms with E-state index in [-0.39, 0.29) is 11.7 Å². The molecule has 2 N–H and O–H groups in total. The molecule has 0 saturated heterocycles. The smallest absolute Gasteiger partial charge is 0.234 e. The molecule has 15 heavy (non-hydrogen) atoms. The number of nitriles is 1. The summed E-state index contributed by atoms with van der Waals surface area (Å²) in [5, 5.41) is 8.56. The molecule has 1 saturated carbocycles. The van der Waals surface area contributed by atoms with Crippen molar-refractivity contribution in [1.29, 1.82) is 5.26 Å². The van der Waals surface area contributed by atoms with Gasteiger partial charge < -0.3 is 5.73 Å². The predicted molar refractivity (Wildman–Crippen MR) is 58.6 cm³/mol. The van der Waals surface area contributed by atoms with E-state index in [0.717, 1.165) is 44.2 Å². The van der Waals surface area contributed by atoms with Crippen molar-refractivity contribution in [3.05, 3.63) is 12.3 Å². The zero-order valence-electron chi connectivity index (χ0n) is 9.04. The summed E-state index contributed by atoms with van der Waals surface area (Å²) in [6.07, 6.45) is 5.61. The molecule has 0 bridgehead atoms. The summed E-state index contributed by atoms with van der Waals surface area (Å²) >= 11 is 0. The molecule has 1 aliphatic carbocycles. The Bertz CT molecular complexity index is 280. The number of nitrogens with two attached hydrogens (primary N) is 1. The average molecular weight is 206 g/mol. The van der Waals surface area contributed by atoms with Gasteiger partial charge in [0.25, 0.3) is 0 Å². The van der Waals surface area contributed by atoms with Crippen molar-refractivity contribution >= 4 is 5.78 Å². The molecule has 0 aromatic rings. The van der Waals surface area contributed by atoms with Crippen LogP contribution in [-0.2, 0) is 4.79 Å². The van der Waals surface area contributed by atoms with Crippen LogP contribution < -0.4 is 5.73 Å². The summed E-state index contributed by atoms with van der Waals surface area (Å²) in [4.78, 5) is 11.2. The number of carbonyl (C=O) groups excluding carboxylic acids is 1. The molecule has 0 unspecified atom stereocenters. The molecule has 1 fully saturated rings. The number of Topliss-reactive ketones (excluding diaryl/α,β-unsaturated/α-hetero) is 1. The van der Waals surface area contributed by atoms with E-state index in [4.69, 9.17) is 11.0 Å². The van der Waals surface area contributed by atoms with Crippen molar-refractivity contribution in [3.8, 4) is 6.07 Å². The third-order valence-electron chi connectivity index (χ3n) is 3.22. The van der Waals surface area contributed by atoms with Gasteiger partial charge in [-0.25, -0.2) is 0 Å². The predicted octanol–water partition coefficient (Wildman–Crippen LogP) is 2.14. The molecule has 3 heteroatoms. The molecule has 0 heterocycles. The van der Waals surface area contributed by atoms with Gasteiger partial charge in [-0.15, -0.1) is 0 Å². The first-order valence-electron chi connectivity index (χ1n) is 5.53. The van der Waals surface area contributed by atoms with Crippen LogP contribution in [-0.4, -0.2) is 5.78 Å². The van der Waals surface area contributed by atoms with E-state index < -0.39 is 0 Å². The third kappa shape index (κ3) is 3.39. The molecule has 0 spiro atoms. The highest BCUT2D eigenvalue weighted by atomic mass is 16.1. The normalized spacial score (nSPS) is 27.1. The second-order valence-electron chi connectivity index (χ2n) is 4.31. The Morgan fingerprint density at radius 2 is 1.67 bits per heavy atom. The third-order valence-corrected chi connectivity index (χ3v) is 3.22. The van der Waals surface area contributed by atoms with E-state index in [1.807, 2.05) is 0 Å². The average Bonchev–Trinajstić information content (AvgIpc) is 2.16. The highest BCUT2D eigenvalue weighted by Gasteiger charge is 2.22. The maximum Gasteiger partial charge on any atom is 0.234 e. The van der Waals surface area contributed by atoms with E-state index >= 15 is 0 Å². The Hall–Kier alpha value is -1.30. The van der Waals surface area contributed by atoms with Crippen LogP contribution in [0.5, 0.6) is 0 Å². The highest BCUT2D eigenvalue weighted by Crippen LogP contribution is 2.28. The van der Waals surface area contributed by atoms with Crippen LogP contribution in [0.3, 0.4) is 0 Å². The minimum absolute atomic E-state index is 0.0398. The number of ketones is 1. The van der Waals surface area contributed by atoms with Gasteiger partial charge >= 0.3 is 0 Å².